The van der Waals surface area contributed by atoms with Crippen LogP contribution >= 0.6 is 11.3 Å². The van der Waals surface area contributed by atoms with Crippen LogP contribution in [-0.2, 0) is 20.4 Å². The third kappa shape index (κ3) is 3.16. The molecule has 1 aromatic heterocycles. The number of alkyl halides is 3. The molecule has 2 heterocycles. The maximum absolute atomic E-state index is 13.1. The molecule has 144 valence electrons. The summed E-state index contributed by atoms with van der Waals surface area (Å²) in [5, 5.41) is 3.66. The number of ketones is 1. The van der Waals surface area contributed by atoms with Gasteiger partial charge in [0.1, 0.15) is 5.41 Å². The summed E-state index contributed by atoms with van der Waals surface area (Å²) in [5.41, 5.74) is -2.97. The maximum atomic E-state index is 13.1. The Bertz CT molecular complexity index is 1050. The van der Waals surface area contributed by atoms with Crippen molar-refractivity contribution in [2.24, 2.45) is 5.41 Å². The van der Waals surface area contributed by atoms with Gasteiger partial charge in [-0.1, -0.05) is 6.07 Å². The van der Waals surface area contributed by atoms with Crippen molar-refractivity contribution in [3.8, 4) is 0 Å². The van der Waals surface area contributed by atoms with E-state index in [0.29, 0.717) is 19.4 Å². The lowest BCUT2D eigenvalue weighted by molar-refractivity contribution is -0.208. The summed E-state index contributed by atoms with van der Waals surface area (Å²) in [7, 11) is -3.90. The van der Waals surface area contributed by atoms with Crippen LogP contribution in [0, 0.1) is 5.41 Å². The van der Waals surface area contributed by atoms with Gasteiger partial charge in [-0.3, -0.25) is 9.59 Å². The standard InChI is InChI=1S/C17H14F3NO4S2/c1-16(2,17(18,19)20)15(23)21-10-4-3-5-11-12(10)13(22)14-9(6-7-26-14)8-27(11,24)25/h3-7H,8H2,1-2H3,(H,21,23). The van der Waals surface area contributed by atoms with E-state index in [1.165, 1.54) is 24.3 Å². The lowest BCUT2D eigenvalue weighted by Crippen LogP contribution is -2.43. The van der Waals surface area contributed by atoms with E-state index in [9.17, 15) is 31.2 Å². The number of thiophene rings is 1. The number of rotatable bonds is 2. The highest BCUT2D eigenvalue weighted by molar-refractivity contribution is 7.90. The molecule has 3 rings (SSSR count). The van der Waals surface area contributed by atoms with Gasteiger partial charge in [0.2, 0.25) is 11.7 Å². The van der Waals surface area contributed by atoms with Gasteiger partial charge in [-0.15, -0.1) is 11.3 Å². The largest absolute Gasteiger partial charge is 0.402 e. The van der Waals surface area contributed by atoms with Crippen LogP contribution in [-0.4, -0.2) is 26.3 Å². The van der Waals surface area contributed by atoms with Crippen molar-refractivity contribution in [3.63, 3.8) is 0 Å². The fourth-order valence-electron chi connectivity index (χ4n) is 2.58. The minimum Gasteiger partial charge on any atom is -0.325 e. The number of carbonyl (C=O) groups excluding carboxylic acids is 2. The molecule has 1 aromatic carbocycles. The van der Waals surface area contributed by atoms with Gasteiger partial charge in [0.05, 0.1) is 26.8 Å². The molecular weight excluding hydrogens is 403 g/mol. The number of hydrogen-bond donors (Lipinski definition) is 1. The van der Waals surface area contributed by atoms with Crippen molar-refractivity contribution >= 4 is 38.6 Å². The number of carbonyl (C=O) groups is 2. The van der Waals surface area contributed by atoms with E-state index in [1.54, 1.807) is 5.38 Å². The van der Waals surface area contributed by atoms with Crippen LogP contribution in [0.1, 0.15) is 34.6 Å². The van der Waals surface area contributed by atoms with Crippen molar-refractivity contribution < 1.29 is 31.2 Å². The van der Waals surface area contributed by atoms with Crippen LogP contribution in [0.3, 0.4) is 0 Å². The van der Waals surface area contributed by atoms with Crippen molar-refractivity contribution in [1.82, 2.24) is 0 Å². The van der Waals surface area contributed by atoms with Crippen molar-refractivity contribution in [3.05, 3.63) is 45.6 Å². The summed E-state index contributed by atoms with van der Waals surface area (Å²) in [5.74, 6) is -2.42. The highest BCUT2D eigenvalue weighted by Crippen LogP contribution is 2.40. The SMILES string of the molecule is CC(C)(C(=O)Nc1cccc2c1C(=O)c1sccc1CS2(=O)=O)C(F)(F)F. The first-order chi connectivity index (χ1) is 12.4. The van der Waals surface area contributed by atoms with E-state index >= 15 is 0 Å². The van der Waals surface area contributed by atoms with E-state index in [-0.39, 0.29) is 21.0 Å². The molecule has 1 amide bonds. The van der Waals surface area contributed by atoms with Crippen molar-refractivity contribution in [2.45, 2.75) is 30.7 Å². The molecule has 0 spiro atoms. The fraction of sp³-hybridized carbons (Fsp3) is 0.294. The Hall–Kier alpha value is -2.20. The second-order valence-electron chi connectivity index (χ2n) is 6.62. The third-order valence-corrected chi connectivity index (χ3v) is 7.07. The van der Waals surface area contributed by atoms with E-state index < -0.39 is 38.9 Å². The molecule has 1 aliphatic rings. The zero-order valence-electron chi connectivity index (χ0n) is 14.2. The van der Waals surface area contributed by atoms with Gasteiger partial charge in [-0.25, -0.2) is 8.42 Å². The van der Waals surface area contributed by atoms with Gasteiger partial charge in [0.15, 0.2) is 9.84 Å². The summed E-state index contributed by atoms with van der Waals surface area (Å²) in [6, 6.07) is 5.23. The van der Waals surface area contributed by atoms with E-state index in [1.807, 2.05) is 0 Å². The number of benzene rings is 1. The molecule has 5 nitrogen and oxygen atoms in total. The smallest absolute Gasteiger partial charge is 0.325 e. The third-order valence-electron chi connectivity index (χ3n) is 4.41. The van der Waals surface area contributed by atoms with Crippen LogP contribution in [0.2, 0.25) is 0 Å². The van der Waals surface area contributed by atoms with E-state index in [0.717, 1.165) is 11.3 Å². The number of anilines is 1. The van der Waals surface area contributed by atoms with E-state index in [4.69, 9.17) is 0 Å². The molecule has 0 aliphatic carbocycles. The molecular formula is C17H14F3NO4S2. The van der Waals surface area contributed by atoms with Crippen LogP contribution in [0.4, 0.5) is 18.9 Å². The molecule has 0 saturated carbocycles. The van der Waals surface area contributed by atoms with Gasteiger partial charge in [-0.2, -0.15) is 13.2 Å². The minimum absolute atomic E-state index is 0.189. The first kappa shape index (κ1) is 19.6. The van der Waals surface area contributed by atoms with Crippen molar-refractivity contribution in [2.75, 3.05) is 5.32 Å². The molecule has 10 heteroatoms. The van der Waals surface area contributed by atoms with Gasteiger partial charge in [-0.05, 0) is 43.0 Å². The number of nitrogens with one attached hydrogen (secondary N) is 1. The number of amides is 1. The number of halogens is 3. The highest BCUT2D eigenvalue weighted by atomic mass is 32.2. The molecule has 0 unspecified atom stereocenters. The number of fused-ring (bicyclic) bond motifs is 2. The number of sulfone groups is 1. The van der Waals surface area contributed by atoms with Crippen LogP contribution in [0.15, 0.2) is 34.5 Å². The first-order valence-corrected chi connectivity index (χ1v) is 10.2. The topological polar surface area (TPSA) is 80.3 Å². The molecule has 27 heavy (non-hydrogen) atoms. The highest BCUT2D eigenvalue weighted by Gasteiger charge is 2.53. The molecule has 0 bridgehead atoms. The maximum Gasteiger partial charge on any atom is 0.402 e. The zero-order valence-corrected chi connectivity index (χ0v) is 15.8. The Morgan fingerprint density at radius 2 is 1.85 bits per heavy atom. The summed E-state index contributed by atoms with van der Waals surface area (Å²) >= 11 is 1.04. The normalized spacial score (nSPS) is 16.3. The Labute approximate surface area is 157 Å². The van der Waals surface area contributed by atoms with E-state index in [2.05, 4.69) is 5.32 Å². The number of hydrogen-bond acceptors (Lipinski definition) is 5. The predicted octanol–water partition coefficient (Wildman–Crippen LogP) is 3.79. The molecule has 0 saturated heterocycles. The summed E-state index contributed by atoms with van der Waals surface area (Å²) < 4.78 is 64.7. The second kappa shape index (κ2) is 6.16. The summed E-state index contributed by atoms with van der Waals surface area (Å²) in [4.78, 5) is 25.0. The molecule has 1 aliphatic heterocycles. The molecule has 0 atom stereocenters. The zero-order chi connectivity index (χ0) is 20.2. The molecule has 0 fully saturated rings. The Kier molecular flexibility index (Phi) is 4.47. The molecule has 1 N–H and O–H groups in total. The molecule has 2 aromatic rings. The van der Waals surface area contributed by atoms with Crippen molar-refractivity contribution in [1.29, 1.82) is 0 Å². The lowest BCUT2D eigenvalue weighted by atomic mass is 9.91. The van der Waals surface area contributed by atoms with Crippen LogP contribution in [0.25, 0.3) is 0 Å². The predicted molar refractivity (Wildman–Crippen MR) is 93.5 cm³/mol. The fourth-order valence-corrected chi connectivity index (χ4v) is 5.15. The van der Waals surface area contributed by atoms with Crippen LogP contribution in [0.5, 0.6) is 0 Å². The van der Waals surface area contributed by atoms with Gasteiger partial charge in [0, 0.05) is 0 Å². The van der Waals surface area contributed by atoms with Gasteiger partial charge in [0.25, 0.3) is 0 Å². The lowest BCUT2D eigenvalue weighted by Gasteiger charge is -2.26. The average molecular weight is 417 g/mol. The Morgan fingerprint density at radius 1 is 1.19 bits per heavy atom. The average Bonchev–Trinajstić information content (AvgIpc) is 2.97. The first-order valence-electron chi connectivity index (χ1n) is 7.71. The summed E-state index contributed by atoms with van der Waals surface area (Å²) in [6.07, 6.45) is -4.82. The quantitative estimate of drug-likeness (QED) is 0.806. The monoisotopic (exact) mass is 417 g/mol. The Balaban J connectivity index is 2.15. The Morgan fingerprint density at radius 3 is 2.48 bits per heavy atom. The van der Waals surface area contributed by atoms with Gasteiger partial charge >= 0.3 is 6.18 Å². The second-order valence-corrected chi connectivity index (χ2v) is 9.49. The minimum atomic E-state index is -4.82. The van der Waals surface area contributed by atoms with Crippen LogP contribution < -0.4 is 5.32 Å². The molecule has 0 radical (unpaired) electrons. The van der Waals surface area contributed by atoms with Gasteiger partial charge < -0.3 is 5.32 Å². The summed E-state index contributed by atoms with van der Waals surface area (Å²) in [6.45, 7) is 1.42.